The van der Waals surface area contributed by atoms with Crippen molar-refractivity contribution < 1.29 is 24.2 Å². The topological polar surface area (TPSA) is 76.1 Å². The minimum absolute atomic E-state index is 0.0000838. The van der Waals surface area contributed by atoms with Crippen molar-refractivity contribution in [2.75, 3.05) is 39.5 Å². The summed E-state index contributed by atoms with van der Waals surface area (Å²) in [6.45, 7) is 11.1. The Morgan fingerprint density at radius 3 is 1.57 bits per heavy atom. The predicted molar refractivity (Wildman–Crippen MR) is 216 cm³/mol. The van der Waals surface area contributed by atoms with Crippen LogP contribution in [0.4, 0.5) is 0 Å². The molecule has 1 fully saturated rings. The van der Waals surface area contributed by atoms with Gasteiger partial charge in [-0.1, -0.05) is 143 Å². The molecule has 0 aromatic rings. The quantitative estimate of drug-likeness (QED) is 0.0501. The summed E-state index contributed by atoms with van der Waals surface area (Å²) >= 11 is 0. The van der Waals surface area contributed by atoms with Gasteiger partial charge in [0.05, 0.1) is 19.8 Å². The lowest BCUT2D eigenvalue weighted by molar-refractivity contribution is -0.145. The number of nitrogens with zero attached hydrogens (tertiary/aromatic N) is 1. The molecule has 0 aliphatic heterocycles. The molecule has 1 aliphatic carbocycles. The molecule has 0 unspecified atom stereocenters. The van der Waals surface area contributed by atoms with Crippen LogP contribution in [-0.4, -0.2) is 61.4 Å². The van der Waals surface area contributed by atoms with Crippen LogP contribution >= 0.6 is 0 Å². The van der Waals surface area contributed by atoms with E-state index >= 15 is 0 Å². The van der Waals surface area contributed by atoms with E-state index in [1.165, 1.54) is 141 Å². The number of carbonyl (C=O) groups is 2. The lowest BCUT2D eigenvalue weighted by atomic mass is 9.95. The molecule has 0 saturated heterocycles. The minimum atomic E-state index is -0.0160. The van der Waals surface area contributed by atoms with E-state index in [0.29, 0.717) is 37.4 Å². The Bertz CT molecular complexity index is 771. The largest absolute Gasteiger partial charge is 0.466 e. The Hall–Kier alpha value is -1.14. The number of unbranched alkanes of at least 4 members (excludes halogenated alkanes) is 19. The molecule has 1 rings (SSSR count). The molecule has 1 aliphatic rings. The average Bonchev–Trinajstić information content (AvgIpc) is 3.91. The fraction of sp³-hybridized carbons (Fsp3) is 0.956. The molecule has 0 bridgehead atoms. The molecule has 6 nitrogen and oxygen atoms in total. The van der Waals surface area contributed by atoms with E-state index in [9.17, 15) is 14.7 Å². The Morgan fingerprint density at radius 1 is 0.549 bits per heavy atom. The van der Waals surface area contributed by atoms with Crippen LogP contribution in [0.2, 0.25) is 0 Å². The number of ether oxygens (including phenoxy) is 2. The van der Waals surface area contributed by atoms with Gasteiger partial charge >= 0.3 is 11.9 Å². The normalized spacial score (nSPS) is 13.7. The second-order valence-electron chi connectivity index (χ2n) is 16.3. The van der Waals surface area contributed by atoms with Gasteiger partial charge in [0.15, 0.2) is 0 Å². The van der Waals surface area contributed by atoms with Crippen LogP contribution in [-0.2, 0) is 19.1 Å². The van der Waals surface area contributed by atoms with Gasteiger partial charge in [0.25, 0.3) is 0 Å². The molecule has 1 saturated carbocycles. The Kier molecular flexibility index (Phi) is 32.5. The van der Waals surface area contributed by atoms with E-state index in [-0.39, 0.29) is 18.5 Å². The summed E-state index contributed by atoms with van der Waals surface area (Å²) < 4.78 is 11.3. The van der Waals surface area contributed by atoms with Gasteiger partial charge in [-0.2, -0.15) is 0 Å². The summed E-state index contributed by atoms with van der Waals surface area (Å²) in [4.78, 5) is 27.0. The second-order valence-corrected chi connectivity index (χ2v) is 16.3. The highest BCUT2D eigenvalue weighted by atomic mass is 16.5. The van der Waals surface area contributed by atoms with Crippen molar-refractivity contribution in [1.82, 2.24) is 4.90 Å². The molecular weight excluding hydrogens is 634 g/mol. The van der Waals surface area contributed by atoms with Gasteiger partial charge in [0.2, 0.25) is 0 Å². The van der Waals surface area contributed by atoms with Crippen LogP contribution < -0.4 is 0 Å². The highest BCUT2D eigenvalue weighted by Crippen LogP contribution is 2.52. The zero-order valence-electron chi connectivity index (χ0n) is 34.5. The Morgan fingerprint density at radius 2 is 1.04 bits per heavy atom. The SMILES string of the molecule is CCCCCCCCCC(=O)OCCCCC1(CCN(CCO)CCCCCCCC(=O)OCC(CCCCCCC)CCCCCCC)CC1. The second kappa shape index (κ2) is 34.6. The average molecular weight is 722 g/mol. The van der Waals surface area contributed by atoms with Gasteiger partial charge in [-0.05, 0) is 95.1 Å². The lowest BCUT2D eigenvalue weighted by Crippen LogP contribution is -2.30. The van der Waals surface area contributed by atoms with Gasteiger partial charge in [-0.3, -0.25) is 9.59 Å². The number of hydrogen-bond acceptors (Lipinski definition) is 6. The number of carbonyl (C=O) groups excluding carboxylic acids is 2. The van der Waals surface area contributed by atoms with Crippen LogP contribution in [0, 0.1) is 11.3 Å². The van der Waals surface area contributed by atoms with Crippen molar-refractivity contribution in [2.24, 2.45) is 11.3 Å². The van der Waals surface area contributed by atoms with Crippen LogP contribution in [0.25, 0.3) is 0 Å². The summed E-state index contributed by atoms with van der Waals surface area (Å²) in [5, 5.41) is 9.66. The van der Waals surface area contributed by atoms with Gasteiger partial charge < -0.3 is 19.5 Å². The maximum atomic E-state index is 12.5. The molecular formula is C45H87NO5. The summed E-state index contributed by atoms with van der Waals surface area (Å²) in [6, 6.07) is 0. The first-order valence-corrected chi connectivity index (χ1v) is 22.6. The summed E-state index contributed by atoms with van der Waals surface area (Å²) in [5.41, 5.74) is 0.480. The third-order valence-electron chi connectivity index (χ3n) is 11.4. The van der Waals surface area contributed by atoms with Crippen LogP contribution in [0.1, 0.15) is 226 Å². The predicted octanol–water partition coefficient (Wildman–Crippen LogP) is 12.5. The number of aliphatic hydroxyl groups is 1. The Balaban J connectivity index is 2.12. The van der Waals surface area contributed by atoms with Crippen LogP contribution in [0.5, 0.6) is 0 Å². The molecule has 1 N–H and O–H groups in total. The zero-order chi connectivity index (χ0) is 37.1. The number of aliphatic hydroxyl groups excluding tert-OH is 1. The van der Waals surface area contributed by atoms with E-state index in [1.54, 1.807) is 0 Å². The number of esters is 2. The molecule has 51 heavy (non-hydrogen) atoms. The van der Waals surface area contributed by atoms with Crippen LogP contribution in [0.15, 0.2) is 0 Å². The minimum Gasteiger partial charge on any atom is -0.466 e. The first-order valence-electron chi connectivity index (χ1n) is 22.6. The molecule has 0 radical (unpaired) electrons. The molecule has 0 aromatic heterocycles. The number of hydrogen-bond donors (Lipinski definition) is 1. The standard InChI is InChI=1S/C45H87NO5/c1-4-7-10-13-14-18-23-30-43(48)50-40-27-25-32-45(33-34-45)35-37-46(38-39-47)36-26-20-15-19-24-31-44(49)51-41-42(28-21-16-11-8-5-2)29-22-17-12-9-6-3/h42,47H,4-41H2,1-3H3. The Labute approximate surface area is 317 Å². The molecule has 0 spiro atoms. The van der Waals surface area contributed by atoms with E-state index in [2.05, 4.69) is 25.7 Å². The fourth-order valence-electron chi connectivity index (χ4n) is 7.56. The molecule has 0 heterocycles. The molecule has 6 heteroatoms. The molecule has 302 valence electrons. The third-order valence-corrected chi connectivity index (χ3v) is 11.4. The monoisotopic (exact) mass is 722 g/mol. The first kappa shape index (κ1) is 47.9. The van der Waals surface area contributed by atoms with Crippen molar-refractivity contribution in [2.45, 2.75) is 226 Å². The van der Waals surface area contributed by atoms with Gasteiger partial charge in [0, 0.05) is 19.4 Å². The van der Waals surface area contributed by atoms with E-state index < -0.39 is 0 Å². The van der Waals surface area contributed by atoms with Crippen molar-refractivity contribution in [1.29, 1.82) is 0 Å². The van der Waals surface area contributed by atoms with E-state index in [4.69, 9.17) is 9.47 Å². The first-order chi connectivity index (χ1) is 25.0. The summed E-state index contributed by atoms with van der Waals surface area (Å²) in [7, 11) is 0. The van der Waals surface area contributed by atoms with Crippen molar-refractivity contribution in [3.8, 4) is 0 Å². The van der Waals surface area contributed by atoms with Gasteiger partial charge in [0.1, 0.15) is 0 Å². The van der Waals surface area contributed by atoms with Gasteiger partial charge in [-0.25, -0.2) is 0 Å². The van der Waals surface area contributed by atoms with E-state index in [1.807, 2.05) is 0 Å². The lowest BCUT2D eigenvalue weighted by Gasteiger charge is -2.24. The smallest absolute Gasteiger partial charge is 0.305 e. The molecule has 0 aromatic carbocycles. The highest BCUT2D eigenvalue weighted by molar-refractivity contribution is 5.69. The maximum absolute atomic E-state index is 12.5. The van der Waals surface area contributed by atoms with Gasteiger partial charge in [-0.15, -0.1) is 0 Å². The van der Waals surface area contributed by atoms with Crippen LogP contribution in [0.3, 0.4) is 0 Å². The van der Waals surface area contributed by atoms with Crippen molar-refractivity contribution in [3.05, 3.63) is 0 Å². The summed E-state index contributed by atoms with van der Waals surface area (Å²) in [5.74, 6) is 0.521. The van der Waals surface area contributed by atoms with E-state index in [0.717, 1.165) is 71.0 Å². The third kappa shape index (κ3) is 29.9. The van der Waals surface area contributed by atoms with Crippen molar-refractivity contribution >= 4 is 11.9 Å². The zero-order valence-corrected chi connectivity index (χ0v) is 34.5. The summed E-state index contributed by atoms with van der Waals surface area (Å²) in [6.07, 6.45) is 37.9. The van der Waals surface area contributed by atoms with Crippen molar-refractivity contribution in [3.63, 3.8) is 0 Å². The highest BCUT2D eigenvalue weighted by Gasteiger charge is 2.41. The fourth-order valence-corrected chi connectivity index (χ4v) is 7.56. The number of rotatable bonds is 40. The maximum Gasteiger partial charge on any atom is 0.305 e. The molecule has 0 atom stereocenters. The molecule has 0 amide bonds.